The Morgan fingerprint density at radius 3 is 2.74 bits per heavy atom. The summed E-state index contributed by atoms with van der Waals surface area (Å²) in [5.41, 5.74) is 3.69. The topological polar surface area (TPSA) is 84.4 Å². The lowest BCUT2D eigenvalue weighted by Crippen LogP contribution is -2.29. The molecule has 4 rings (SSSR count). The van der Waals surface area contributed by atoms with Gasteiger partial charge in [0.05, 0.1) is 28.5 Å². The Labute approximate surface area is 161 Å². The second-order valence-corrected chi connectivity index (χ2v) is 8.71. The third-order valence-corrected chi connectivity index (χ3v) is 6.40. The highest BCUT2D eigenvalue weighted by Crippen LogP contribution is 2.39. The lowest BCUT2D eigenvalue weighted by molar-refractivity contribution is 0.313. The van der Waals surface area contributed by atoms with Gasteiger partial charge >= 0.3 is 0 Å². The monoisotopic (exact) mass is 402 g/mol. The predicted octanol–water partition coefficient (Wildman–Crippen LogP) is 3.49. The molecule has 2 aromatic heterocycles. The van der Waals surface area contributed by atoms with Crippen molar-refractivity contribution in [1.82, 2.24) is 9.97 Å². The highest BCUT2D eigenvalue weighted by atomic mass is 32.2. The van der Waals surface area contributed by atoms with Crippen molar-refractivity contribution >= 4 is 37.9 Å². The summed E-state index contributed by atoms with van der Waals surface area (Å²) in [4.78, 5) is 10.7. The molecule has 1 aliphatic rings. The van der Waals surface area contributed by atoms with E-state index in [1.807, 2.05) is 26.0 Å². The molecule has 0 bridgehead atoms. The molecule has 0 atom stereocenters. The highest BCUT2D eigenvalue weighted by molar-refractivity contribution is 7.93. The first kappa shape index (κ1) is 17.7. The summed E-state index contributed by atoms with van der Waals surface area (Å²) in [5.74, 6) is 0.531. The van der Waals surface area contributed by atoms with Gasteiger partial charge in [0.15, 0.2) is 5.13 Å². The van der Waals surface area contributed by atoms with E-state index in [1.54, 1.807) is 29.8 Å². The molecule has 1 N–H and O–H groups in total. The van der Waals surface area contributed by atoms with Crippen molar-refractivity contribution in [3.05, 3.63) is 53.3 Å². The maximum Gasteiger partial charge on any atom is 0.263 e. The molecule has 1 aromatic carbocycles. The van der Waals surface area contributed by atoms with Crippen LogP contribution >= 0.6 is 11.3 Å². The molecule has 7 nitrogen and oxygen atoms in total. The first-order valence-corrected chi connectivity index (χ1v) is 10.7. The Bertz CT molecular complexity index is 1080. The van der Waals surface area contributed by atoms with Gasteiger partial charge in [0.25, 0.3) is 10.0 Å². The van der Waals surface area contributed by atoms with E-state index >= 15 is 0 Å². The zero-order chi connectivity index (χ0) is 19.0. The third-order valence-electron chi connectivity index (χ3n) is 4.25. The number of pyridine rings is 1. The summed E-state index contributed by atoms with van der Waals surface area (Å²) in [7, 11) is -3.73. The van der Waals surface area contributed by atoms with Crippen LogP contribution in [-0.4, -0.2) is 31.5 Å². The Morgan fingerprint density at radius 1 is 1.19 bits per heavy atom. The molecule has 3 aromatic rings. The van der Waals surface area contributed by atoms with Crippen LogP contribution in [0, 0.1) is 13.8 Å². The van der Waals surface area contributed by atoms with Gasteiger partial charge in [-0.3, -0.25) is 9.71 Å². The fraction of sp³-hybridized carbons (Fsp3) is 0.222. The van der Waals surface area contributed by atoms with E-state index in [0.29, 0.717) is 24.0 Å². The van der Waals surface area contributed by atoms with Crippen molar-refractivity contribution in [3.63, 3.8) is 0 Å². The van der Waals surface area contributed by atoms with E-state index in [1.165, 1.54) is 11.3 Å². The SMILES string of the molecule is Cc1ccc(N2CCOc3cc(S(=O)(=O)Nc4nccs4)ccc32)c(C)n1. The van der Waals surface area contributed by atoms with Crippen LogP contribution < -0.4 is 14.4 Å². The number of fused-ring (bicyclic) bond motifs is 1. The number of aryl methyl sites for hydroxylation is 2. The van der Waals surface area contributed by atoms with Crippen LogP contribution in [-0.2, 0) is 10.0 Å². The van der Waals surface area contributed by atoms with E-state index in [0.717, 1.165) is 22.8 Å². The average Bonchev–Trinajstić information content (AvgIpc) is 3.13. The maximum atomic E-state index is 12.6. The fourth-order valence-corrected chi connectivity index (χ4v) is 4.83. The van der Waals surface area contributed by atoms with Crippen molar-refractivity contribution in [2.24, 2.45) is 0 Å². The lowest BCUT2D eigenvalue weighted by Gasteiger charge is -2.32. The van der Waals surface area contributed by atoms with E-state index in [2.05, 4.69) is 19.6 Å². The number of benzene rings is 1. The molecule has 1 aliphatic heterocycles. The van der Waals surface area contributed by atoms with Crippen LogP contribution in [0.4, 0.5) is 16.5 Å². The highest BCUT2D eigenvalue weighted by Gasteiger charge is 2.24. The number of sulfonamides is 1. The number of hydrogen-bond donors (Lipinski definition) is 1. The lowest BCUT2D eigenvalue weighted by atomic mass is 10.2. The number of nitrogens with zero attached hydrogens (tertiary/aromatic N) is 3. The summed E-state index contributed by atoms with van der Waals surface area (Å²) in [6.45, 7) is 5.05. The quantitative estimate of drug-likeness (QED) is 0.719. The molecule has 0 fully saturated rings. The Hall–Kier alpha value is -2.65. The molecule has 9 heteroatoms. The molecule has 3 heterocycles. The number of ether oxygens (including phenoxy) is 1. The van der Waals surface area contributed by atoms with Crippen molar-refractivity contribution in [3.8, 4) is 5.75 Å². The molecular weight excluding hydrogens is 384 g/mol. The Morgan fingerprint density at radius 2 is 2.00 bits per heavy atom. The molecule has 0 unspecified atom stereocenters. The van der Waals surface area contributed by atoms with Gasteiger partial charge in [0.2, 0.25) is 0 Å². The van der Waals surface area contributed by atoms with Gasteiger partial charge in [0, 0.05) is 23.3 Å². The Balaban J connectivity index is 1.70. The first-order valence-electron chi connectivity index (χ1n) is 8.35. The molecule has 0 spiro atoms. The van der Waals surface area contributed by atoms with Crippen molar-refractivity contribution in [2.75, 3.05) is 22.8 Å². The van der Waals surface area contributed by atoms with Gasteiger partial charge in [-0.1, -0.05) is 0 Å². The van der Waals surface area contributed by atoms with Crippen LogP contribution in [0.25, 0.3) is 0 Å². The van der Waals surface area contributed by atoms with Gasteiger partial charge in [-0.05, 0) is 38.1 Å². The molecule has 140 valence electrons. The number of rotatable bonds is 4. The molecule has 0 saturated heterocycles. The van der Waals surface area contributed by atoms with Crippen LogP contribution in [0.2, 0.25) is 0 Å². The average molecular weight is 403 g/mol. The summed E-state index contributed by atoms with van der Waals surface area (Å²) in [5, 5.41) is 2.04. The Kier molecular flexibility index (Phi) is 4.48. The molecule has 27 heavy (non-hydrogen) atoms. The van der Waals surface area contributed by atoms with Crippen LogP contribution in [0.3, 0.4) is 0 Å². The summed E-state index contributed by atoms with van der Waals surface area (Å²) in [6, 6.07) is 8.89. The summed E-state index contributed by atoms with van der Waals surface area (Å²) >= 11 is 1.23. The molecule has 0 aliphatic carbocycles. The molecule has 0 radical (unpaired) electrons. The third kappa shape index (κ3) is 3.47. The maximum absolute atomic E-state index is 12.6. The minimum absolute atomic E-state index is 0.136. The van der Waals surface area contributed by atoms with Crippen molar-refractivity contribution in [1.29, 1.82) is 0 Å². The number of aromatic nitrogens is 2. The first-order chi connectivity index (χ1) is 12.9. The van der Waals surface area contributed by atoms with Crippen molar-refractivity contribution in [2.45, 2.75) is 18.7 Å². The van der Waals surface area contributed by atoms with E-state index in [9.17, 15) is 8.42 Å². The predicted molar refractivity (Wildman–Crippen MR) is 106 cm³/mol. The standard InChI is InChI=1S/C18H18N4O3S2/c1-12-3-5-15(13(2)20-12)22-8-9-25-17-11-14(4-6-16(17)22)27(23,24)21-18-19-7-10-26-18/h3-7,10-11H,8-9H2,1-2H3,(H,19,21). The van der Waals surface area contributed by atoms with Gasteiger partial charge in [0.1, 0.15) is 12.4 Å². The second-order valence-electron chi connectivity index (χ2n) is 6.13. The number of nitrogens with one attached hydrogen (secondary N) is 1. The number of hydrogen-bond acceptors (Lipinski definition) is 7. The van der Waals surface area contributed by atoms with E-state index in [-0.39, 0.29) is 4.90 Å². The summed E-state index contributed by atoms with van der Waals surface area (Å²) in [6.07, 6.45) is 1.55. The summed E-state index contributed by atoms with van der Waals surface area (Å²) < 4.78 is 33.4. The number of thiazole rings is 1. The zero-order valence-corrected chi connectivity index (χ0v) is 16.5. The van der Waals surface area contributed by atoms with Gasteiger partial charge in [-0.25, -0.2) is 13.4 Å². The minimum atomic E-state index is -3.73. The largest absolute Gasteiger partial charge is 0.489 e. The van der Waals surface area contributed by atoms with E-state index in [4.69, 9.17) is 4.74 Å². The molecule has 0 amide bonds. The van der Waals surface area contributed by atoms with Crippen LogP contribution in [0.5, 0.6) is 5.75 Å². The molecular formula is C18H18N4O3S2. The molecule has 0 saturated carbocycles. The fourth-order valence-electron chi connectivity index (χ4n) is 3.03. The smallest absolute Gasteiger partial charge is 0.263 e. The van der Waals surface area contributed by atoms with Gasteiger partial charge in [-0.15, -0.1) is 11.3 Å². The normalized spacial score (nSPS) is 13.8. The zero-order valence-electron chi connectivity index (χ0n) is 14.8. The van der Waals surface area contributed by atoms with Crippen LogP contribution in [0.1, 0.15) is 11.4 Å². The van der Waals surface area contributed by atoms with Gasteiger partial charge in [-0.2, -0.15) is 0 Å². The van der Waals surface area contributed by atoms with Crippen LogP contribution in [0.15, 0.2) is 46.8 Å². The van der Waals surface area contributed by atoms with Crippen molar-refractivity contribution < 1.29 is 13.2 Å². The number of anilines is 3. The van der Waals surface area contributed by atoms with E-state index < -0.39 is 10.0 Å². The minimum Gasteiger partial charge on any atom is -0.489 e. The van der Waals surface area contributed by atoms with Gasteiger partial charge < -0.3 is 9.64 Å². The second kappa shape index (κ2) is 6.82.